The van der Waals surface area contributed by atoms with Gasteiger partial charge in [0.2, 0.25) is 0 Å². The van der Waals surface area contributed by atoms with E-state index in [0.29, 0.717) is 17.0 Å². The molecule has 0 saturated carbocycles. The van der Waals surface area contributed by atoms with Crippen LogP contribution in [0.5, 0.6) is 11.5 Å². The largest absolute Gasteiger partial charge is 0.456 e. The predicted molar refractivity (Wildman–Crippen MR) is 96.2 cm³/mol. The van der Waals surface area contributed by atoms with Crippen molar-refractivity contribution < 1.29 is 4.74 Å². The molecule has 1 heterocycles. The molecule has 0 aliphatic rings. The standard InChI is InChI=1S/C19H13BrN2O2/c1-12-9-15(16(11-21)19(23)22-12)13-7-8-18(17(20)10-13)24-14-5-3-2-4-6-14/h2-10H,1H3,(H,22,23). The number of aromatic amines is 1. The summed E-state index contributed by atoms with van der Waals surface area (Å²) >= 11 is 3.49. The second-order valence-corrected chi connectivity index (χ2v) is 6.10. The fourth-order valence-electron chi connectivity index (χ4n) is 2.39. The zero-order valence-electron chi connectivity index (χ0n) is 12.8. The van der Waals surface area contributed by atoms with E-state index >= 15 is 0 Å². The Kier molecular flexibility index (Phi) is 4.50. The lowest BCUT2D eigenvalue weighted by Gasteiger charge is -2.10. The summed E-state index contributed by atoms with van der Waals surface area (Å²) in [4.78, 5) is 14.6. The molecule has 1 N–H and O–H groups in total. The fourth-order valence-corrected chi connectivity index (χ4v) is 2.85. The minimum absolute atomic E-state index is 0.101. The third-order valence-electron chi connectivity index (χ3n) is 3.49. The van der Waals surface area contributed by atoms with Gasteiger partial charge in [-0.1, -0.05) is 24.3 Å². The number of rotatable bonds is 3. The van der Waals surface area contributed by atoms with E-state index in [2.05, 4.69) is 20.9 Å². The van der Waals surface area contributed by atoms with E-state index in [-0.39, 0.29) is 11.1 Å². The van der Waals surface area contributed by atoms with Crippen LogP contribution >= 0.6 is 15.9 Å². The number of nitrogens with one attached hydrogen (secondary N) is 1. The number of nitriles is 1. The van der Waals surface area contributed by atoms with E-state index in [1.165, 1.54) is 0 Å². The van der Waals surface area contributed by atoms with Gasteiger partial charge in [-0.25, -0.2) is 0 Å². The summed E-state index contributed by atoms with van der Waals surface area (Å²) in [5.41, 5.74) is 1.80. The highest BCUT2D eigenvalue weighted by atomic mass is 79.9. The maximum absolute atomic E-state index is 11.9. The van der Waals surface area contributed by atoms with Gasteiger partial charge in [0.1, 0.15) is 23.1 Å². The van der Waals surface area contributed by atoms with Crippen LogP contribution < -0.4 is 10.3 Å². The first-order valence-corrected chi connectivity index (χ1v) is 8.04. The van der Waals surface area contributed by atoms with Crippen LogP contribution in [0.25, 0.3) is 11.1 Å². The molecule has 3 aromatic rings. The summed E-state index contributed by atoms with van der Waals surface area (Å²) in [6.07, 6.45) is 0. The summed E-state index contributed by atoms with van der Waals surface area (Å²) < 4.78 is 6.57. The Hall–Kier alpha value is -2.84. The smallest absolute Gasteiger partial charge is 0.266 e. The third kappa shape index (κ3) is 3.24. The van der Waals surface area contributed by atoms with Crippen molar-refractivity contribution in [3.63, 3.8) is 0 Å². The number of ether oxygens (including phenoxy) is 1. The maximum Gasteiger partial charge on any atom is 0.266 e. The van der Waals surface area contributed by atoms with E-state index in [0.717, 1.165) is 15.8 Å². The van der Waals surface area contributed by atoms with Gasteiger partial charge in [-0.05, 0) is 58.7 Å². The Morgan fingerprint density at radius 2 is 1.88 bits per heavy atom. The quantitative estimate of drug-likeness (QED) is 0.710. The van der Waals surface area contributed by atoms with Crippen molar-refractivity contribution in [3.8, 4) is 28.7 Å². The summed E-state index contributed by atoms with van der Waals surface area (Å²) in [6, 6.07) is 18.7. The molecule has 0 bridgehead atoms. The maximum atomic E-state index is 11.9. The van der Waals surface area contributed by atoms with Crippen molar-refractivity contribution in [2.24, 2.45) is 0 Å². The number of halogens is 1. The Balaban J connectivity index is 2.02. The fraction of sp³-hybridized carbons (Fsp3) is 0.0526. The van der Waals surface area contributed by atoms with Crippen molar-refractivity contribution >= 4 is 15.9 Å². The van der Waals surface area contributed by atoms with Crippen LogP contribution in [0.2, 0.25) is 0 Å². The van der Waals surface area contributed by atoms with Crippen molar-refractivity contribution in [3.05, 3.63) is 80.7 Å². The van der Waals surface area contributed by atoms with Crippen LogP contribution in [0, 0.1) is 18.3 Å². The molecule has 3 rings (SSSR count). The lowest BCUT2D eigenvalue weighted by molar-refractivity contribution is 0.480. The molecule has 0 radical (unpaired) electrons. The van der Waals surface area contributed by atoms with Crippen LogP contribution in [-0.2, 0) is 0 Å². The molecule has 24 heavy (non-hydrogen) atoms. The van der Waals surface area contributed by atoms with Gasteiger partial charge in [0.05, 0.1) is 4.47 Å². The molecule has 0 aliphatic carbocycles. The molecule has 118 valence electrons. The zero-order valence-corrected chi connectivity index (χ0v) is 14.4. The minimum atomic E-state index is -0.381. The average Bonchev–Trinajstić information content (AvgIpc) is 2.57. The highest BCUT2D eigenvalue weighted by Gasteiger charge is 2.12. The second-order valence-electron chi connectivity index (χ2n) is 5.24. The van der Waals surface area contributed by atoms with E-state index in [4.69, 9.17) is 4.74 Å². The number of para-hydroxylation sites is 1. The molecular formula is C19H13BrN2O2. The number of H-pyrrole nitrogens is 1. The molecule has 5 heteroatoms. The van der Waals surface area contributed by atoms with Gasteiger partial charge in [0, 0.05) is 11.3 Å². The Bertz CT molecular complexity index is 988. The monoisotopic (exact) mass is 380 g/mol. The molecule has 4 nitrogen and oxygen atoms in total. The molecule has 2 aromatic carbocycles. The SMILES string of the molecule is Cc1cc(-c2ccc(Oc3ccccc3)c(Br)c2)c(C#N)c(=O)[nH]1. The highest BCUT2D eigenvalue weighted by Crippen LogP contribution is 2.34. The van der Waals surface area contributed by atoms with Gasteiger partial charge in [-0.2, -0.15) is 5.26 Å². The van der Waals surface area contributed by atoms with Crippen molar-refractivity contribution in [2.45, 2.75) is 6.92 Å². The molecule has 0 atom stereocenters. The Labute approximate surface area is 147 Å². The predicted octanol–water partition coefficient (Wildman–Crippen LogP) is 4.78. The lowest BCUT2D eigenvalue weighted by Crippen LogP contribution is -2.12. The molecule has 0 fully saturated rings. The summed E-state index contributed by atoms with van der Waals surface area (Å²) in [7, 11) is 0. The van der Waals surface area contributed by atoms with Gasteiger partial charge >= 0.3 is 0 Å². The summed E-state index contributed by atoms with van der Waals surface area (Å²) in [5, 5.41) is 9.26. The lowest BCUT2D eigenvalue weighted by atomic mass is 10.0. The van der Waals surface area contributed by atoms with Crippen LogP contribution in [-0.4, -0.2) is 4.98 Å². The van der Waals surface area contributed by atoms with Gasteiger partial charge < -0.3 is 9.72 Å². The Morgan fingerprint density at radius 1 is 1.12 bits per heavy atom. The molecule has 0 amide bonds. The van der Waals surface area contributed by atoms with E-state index in [9.17, 15) is 10.1 Å². The first kappa shape index (κ1) is 16.0. The minimum Gasteiger partial charge on any atom is -0.456 e. The molecule has 0 unspecified atom stereocenters. The Morgan fingerprint density at radius 3 is 2.54 bits per heavy atom. The topological polar surface area (TPSA) is 65.9 Å². The van der Waals surface area contributed by atoms with E-state index in [1.807, 2.05) is 54.6 Å². The van der Waals surface area contributed by atoms with E-state index < -0.39 is 0 Å². The van der Waals surface area contributed by atoms with Crippen LogP contribution in [0.3, 0.4) is 0 Å². The number of nitrogens with zero attached hydrogens (tertiary/aromatic N) is 1. The van der Waals surface area contributed by atoms with Crippen LogP contribution in [0.4, 0.5) is 0 Å². The first-order chi connectivity index (χ1) is 11.6. The summed E-state index contributed by atoms with van der Waals surface area (Å²) in [6.45, 7) is 1.79. The number of pyridine rings is 1. The van der Waals surface area contributed by atoms with Gasteiger partial charge in [0.15, 0.2) is 0 Å². The highest BCUT2D eigenvalue weighted by molar-refractivity contribution is 9.10. The second kappa shape index (κ2) is 6.73. The van der Waals surface area contributed by atoms with Gasteiger partial charge in [-0.3, -0.25) is 4.79 Å². The number of aryl methyl sites for hydroxylation is 1. The van der Waals surface area contributed by atoms with Crippen molar-refractivity contribution in [1.29, 1.82) is 5.26 Å². The molecular weight excluding hydrogens is 368 g/mol. The molecule has 0 saturated heterocycles. The molecule has 0 spiro atoms. The van der Waals surface area contributed by atoms with Gasteiger partial charge in [0.25, 0.3) is 5.56 Å². The average molecular weight is 381 g/mol. The normalized spacial score (nSPS) is 10.2. The van der Waals surface area contributed by atoms with Crippen molar-refractivity contribution in [1.82, 2.24) is 4.98 Å². The number of aromatic nitrogens is 1. The van der Waals surface area contributed by atoms with Crippen molar-refractivity contribution in [2.75, 3.05) is 0 Å². The number of hydrogen-bond acceptors (Lipinski definition) is 3. The van der Waals surface area contributed by atoms with Gasteiger partial charge in [-0.15, -0.1) is 0 Å². The summed E-state index contributed by atoms with van der Waals surface area (Å²) in [5.74, 6) is 1.39. The molecule has 0 aliphatic heterocycles. The number of hydrogen-bond donors (Lipinski definition) is 1. The first-order valence-electron chi connectivity index (χ1n) is 7.25. The number of benzene rings is 2. The van der Waals surface area contributed by atoms with Crippen LogP contribution in [0.1, 0.15) is 11.3 Å². The third-order valence-corrected chi connectivity index (χ3v) is 4.11. The van der Waals surface area contributed by atoms with Crippen LogP contribution in [0.15, 0.2) is 63.9 Å². The molecule has 1 aromatic heterocycles. The zero-order chi connectivity index (χ0) is 17.1. The van der Waals surface area contributed by atoms with E-state index in [1.54, 1.807) is 13.0 Å².